The van der Waals surface area contributed by atoms with E-state index < -0.39 is 0 Å². The molecule has 4 aliphatic carbocycles. The molecule has 146 valence electrons. The second-order valence-electron chi connectivity index (χ2n) is 9.80. The number of esters is 1. The molecule has 0 radical (unpaired) electrons. The number of hydrogen-bond acceptors (Lipinski definition) is 3. The van der Waals surface area contributed by atoms with E-state index in [1.54, 1.807) is 11.1 Å². The van der Waals surface area contributed by atoms with E-state index in [1.807, 2.05) is 6.92 Å². The molecule has 3 nitrogen and oxygen atoms in total. The predicted molar refractivity (Wildman–Crippen MR) is 103 cm³/mol. The molecular formula is C23H36O3. The lowest BCUT2D eigenvalue weighted by atomic mass is 9.46. The lowest BCUT2D eigenvalue weighted by Crippen LogP contribution is -2.53. The topological polar surface area (TPSA) is 46.5 Å². The Balaban J connectivity index is 1.63. The molecule has 1 N–H and O–H groups in total. The van der Waals surface area contributed by atoms with E-state index in [9.17, 15) is 9.90 Å². The molecule has 0 heterocycles. The molecule has 1 unspecified atom stereocenters. The van der Waals surface area contributed by atoms with E-state index in [-0.39, 0.29) is 22.9 Å². The van der Waals surface area contributed by atoms with Crippen LogP contribution in [0.4, 0.5) is 0 Å². The van der Waals surface area contributed by atoms with Crippen LogP contribution in [0, 0.1) is 28.6 Å². The Morgan fingerprint density at radius 1 is 1.15 bits per heavy atom. The van der Waals surface area contributed by atoms with Crippen LogP contribution in [0.15, 0.2) is 11.1 Å². The molecule has 0 aromatic rings. The second-order valence-corrected chi connectivity index (χ2v) is 9.80. The van der Waals surface area contributed by atoms with Crippen molar-refractivity contribution in [2.75, 3.05) is 6.61 Å². The molecule has 4 aliphatic rings. The third kappa shape index (κ3) is 2.52. The van der Waals surface area contributed by atoms with Gasteiger partial charge in [-0.3, -0.25) is 4.79 Å². The van der Waals surface area contributed by atoms with Gasteiger partial charge in [0, 0.05) is 17.3 Å². The Hall–Kier alpha value is -0.830. The molecule has 0 aromatic carbocycles. The van der Waals surface area contributed by atoms with Gasteiger partial charge in [0.05, 0.1) is 6.61 Å². The van der Waals surface area contributed by atoms with Gasteiger partial charge in [0.1, 0.15) is 6.10 Å². The van der Waals surface area contributed by atoms with Crippen LogP contribution in [0.25, 0.3) is 0 Å². The fraction of sp³-hybridized carbons (Fsp3) is 0.870. The van der Waals surface area contributed by atoms with Crippen molar-refractivity contribution in [3.05, 3.63) is 11.1 Å². The minimum Gasteiger partial charge on any atom is -0.462 e. The largest absolute Gasteiger partial charge is 0.462 e. The van der Waals surface area contributed by atoms with Gasteiger partial charge in [-0.05, 0) is 82.5 Å². The first-order chi connectivity index (χ1) is 12.5. The Morgan fingerprint density at radius 2 is 1.96 bits per heavy atom. The van der Waals surface area contributed by atoms with Gasteiger partial charge in [0.25, 0.3) is 0 Å². The molecule has 0 spiro atoms. The summed E-state index contributed by atoms with van der Waals surface area (Å²) in [6.45, 7) is 6.91. The summed E-state index contributed by atoms with van der Waals surface area (Å²) < 4.78 is 5.89. The zero-order chi connectivity index (χ0) is 18.5. The van der Waals surface area contributed by atoms with Crippen molar-refractivity contribution in [3.8, 4) is 0 Å². The highest BCUT2D eigenvalue weighted by molar-refractivity contribution is 5.69. The molecule has 6 atom stereocenters. The number of hydrogen-bond donors (Lipinski definition) is 1. The lowest BCUT2D eigenvalue weighted by Gasteiger charge is -2.59. The molecule has 0 aliphatic heterocycles. The van der Waals surface area contributed by atoms with Gasteiger partial charge in [-0.2, -0.15) is 0 Å². The maximum atomic E-state index is 11.9. The summed E-state index contributed by atoms with van der Waals surface area (Å²) in [4.78, 5) is 11.9. The summed E-state index contributed by atoms with van der Waals surface area (Å²) in [7, 11) is 0. The van der Waals surface area contributed by atoms with Crippen molar-refractivity contribution in [2.24, 2.45) is 28.6 Å². The van der Waals surface area contributed by atoms with Crippen molar-refractivity contribution < 1.29 is 14.6 Å². The highest BCUT2D eigenvalue weighted by Gasteiger charge is 2.60. The molecular weight excluding hydrogens is 324 g/mol. The average molecular weight is 361 g/mol. The number of fused-ring (bicyclic) bond motifs is 5. The highest BCUT2D eigenvalue weighted by Crippen LogP contribution is 2.66. The third-order valence-corrected chi connectivity index (χ3v) is 8.92. The van der Waals surface area contributed by atoms with E-state index >= 15 is 0 Å². The maximum absolute atomic E-state index is 11.9. The molecule has 26 heavy (non-hydrogen) atoms. The van der Waals surface area contributed by atoms with Gasteiger partial charge in [0.15, 0.2) is 0 Å². The standard InChI is InChI=1S/C23H36O3/c1-4-21(25)26-20-10-9-18-16-7-8-17-15(2)6-5-12-23(17,14-24)19(16)11-13-22(18,20)3/h16,18-20,24H,4-14H2,1-3H3/t16-,18-,19+,20?,22-,23+/m0/s1. The Morgan fingerprint density at radius 3 is 2.69 bits per heavy atom. The number of rotatable bonds is 3. The quantitative estimate of drug-likeness (QED) is 0.567. The van der Waals surface area contributed by atoms with Crippen LogP contribution in [0.5, 0.6) is 0 Å². The summed E-state index contributed by atoms with van der Waals surface area (Å²) in [5, 5.41) is 10.5. The zero-order valence-electron chi connectivity index (χ0n) is 16.9. The highest BCUT2D eigenvalue weighted by atomic mass is 16.5. The molecule has 3 heteroatoms. The van der Waals surface area contributed by atoms with Crippen molar-refractivity contribution in [3.63, 3.8) is 0 Å². The molecule has 4 rings (SSSR count). The third-order valence-electron chi connectivity index (χ3n) is 8.92. The minimum atomic E-state index is -0.0393. The number of allylic oxidation sites excluding steroid dienone is 1. The van der Waals surface area contributed by atoms with Crippen LogP contribution >= 0.6 is 0 Å². The molecule has 0 amide bonds. The summed E-state index contributed by atoms with van der Waals surface area (Å²) in [6, 6.07) is 0. The van der Waals surface area contributed by atoms with Crippen molar-refractivity contribution in [1.29, 1.82) is 0 Å². The fourth-order valence-electron chi connectivity index (χ4n) is 7.63. The number of ether oxygens (including phenoxy) is 1. The van der Waals surface area contributed by atoms with Crippen LogP contribution < -0.4 is 0 Å². The lowest BCUT2D eigenvalue weighted by molar-refractivity contribution is -0.160. The van der Waals surface area contributed by atoms with E-state index in [0.717, 1.165) is 12.8 Å². The number of carbonyl (C=O) groups is 1. The van der Waals surface area contributed by atoms with Gasteiger partial charge >= 0.3 is 5.97 Å². The summed E-state index contributed by atoms with van der Waals surface area (Å²) >= 11 is 0. The zero-order valence-corrected chi connectivity index (χ0v) is 16.9. The Labute approximate surface area is 158 Å². The molecule has 0 saturated heterocycles. The first-order valence-corrected chi connectivity index (χ1v) is 11.0. The van der Waals surface area contributed by atoms with Crippen molar-refractivity contribution >= 4 is 5.97 Å². The monoisotopic (exact) mass is 360 g/mol. The predicted octanol–water partition coefficient (Wildman–Crippen LogP) is 5.02. The molecule has 3 saturated carbocycles. The molecule has 0 bridgehead atoms. The van der Waals surface area contributed by atoms with Gasteiger partial charge in [0.2, 0.25) is 0 Å². The maximum Gasteiger partial charge on any atom is 0.305 e. The first-order valence-electron chi connectivity index (χ1n) is 11.0. The van der Waals surface area contributed by atoms with Gasteiger partial charge in [-0.15, -0.1) is 0 Å². The second kappa shape index (κ2) is 6.65. The van der Waals surface area contributed by atoms with Crippen LogP contribution in [0.3, 0.4) is 0 Å². The summed E-state index contributed by atoms with van der Waals surface area (Å²) in [5.41, 5.74) is 3.39. The first kappa shape index (κ1) is 18.5. The Kier molecular flexibility index (Phi) is 4.74. The van der Waals surface area contributed by atoms with Crippen molar-refractivity contribution in [1.82, 2.24) is 0 Å². The SMILES string of the molecule is CCC(=O)OC1CC[C@H]2[C@@H]3CCC4=C(C)CCC[C@]4(CO)[C@@H]3CC[C@]12C. The minimum absolute atomic E-state index is 0.0393. The summed E-state index contributed by atoms with van der Waals surface area (Å²) in [6.07, 6.45) is 11.2. The molecule has 3 fully saturated rings. The fourth-order valence-corrected chi connectivity index (χ4v) is 7.63. The van der Waals surface area contributed by atoms with Gasteiger partial charge in [-0.1, -0.05) is 25.0 Å². The van der Waals surface area contributed by atoms with E-state index in [1.165, 1.54) is 44.9 Å². The van der Waals surface area contributed by atoms with Gasteiger partial charge in [-0.25, -0.2) is 0 Å². The Bertz CT molecular complexity index is 609. The van der Waals surface area contributed by atoms with Crippen LogP contribution in [0.1, 0.15) is 85.0 Å². The normalized spacial score (nSPS) is 44.9. The van der Waals surface area contributed by atoms with Gasteiger partial charge < -0.3 is 9.84 Å². The van der Waals surface area contributed by atoms with Crippen molar-refractivity contribution in [2.45, 2.75) is 91.1 Å². The van der Waals surface area contributed by atoms with Crippen LogP contribution in [-0.2, 0) is 9.53 Å². The van der Waals surface area contributed by atoms with Crippen LogP contribution in [-0.4, -0.2) is 23.8 Å². The number of aliphatic hydroxyl groups excluding tert-OH is 1. The average Bonchev–Trinajstić information content (AvgIpc) is 2.98. The number of carbonyl (C=O) groups excluding carboxylic acids is 1. The smallest absolute Gasteiger partial charge is 0.305 e. The van der Waals surface area contributed by atoms with Crippen LogP contribution in [0.2, 0.25) is 0 Å². The molecule has 0 aromatic heterocycles. The number of aliphatic hydroxyl groups is 1. The summed E-state index contributed by atoms with van der Waals surface area (Å²) in [5.74, 6) is 1.94. The van der Waals surface area contributed by atoms with E-state index in [0.29, 0.717) is 30.8 Å². The van der Waals surface area contributed by atoms with E-state index in [4.69, 9.17) is 4.74 Å². The van der Waals surface area contributed by atoms with E-state index in [2.05, 4.69) is 13.8 Å².